The maximum Gasteiger partial charge on any atom is 0.253 e. The molecule has 2 N–H and O–H groups in total. The second-order valence-corrected chi connectivity index (χ2v) is 10.1. The fourth-order valence-corrected chi connectivity index (χ4v) is 5.79. The van der Waals surface area contributed by atoms with E-state index in [0.29, 0.717) is 29.8 Å². The van der Waals surface area contributed by atoms with Crippen LogP contribution in [0.25, 0.3) is 0 Å². The number of hydrogen-bond donors (Lipinski definition) is 2. The van der Waals surface area contributed by atoms with Gasteiger partial charge in [0, 0.05) is 42.0 Å². The van der Waals surface area contributed by atoms with Gasteiger partial charge in [0.25, 0.3) is 11.8 Å². The Morgan fingerprint density at radius 1 is 1.00 bits per heavy atom. The van der Waals surface area contributed by atoms with Crippen LogP contribution in [0, 0.1) is 13.8 Å². The molecule has 7 nitrogen and oxygen atoms in total. The fraction of sp³-hybridized carbons (Fsp3) is 0.367. The van der Waals surface area contributed by atoms with Crippen molar-refractivity contribution >= 4 is 17.6 Å². The Kier molecular flexibility index (Phi) is 7.12. The van der Waals surface area contributed by atoms with Gasteiger partial charge in [-0.3, -0.25) is 9.59 Å². The van der Waals surface area contributed by atoms with Crippen molar-refractivity contribution in [1.29, 1.82) is 0 Å². The summed E-state index contributed by atoms with van der Waals surface area (Å²) < 4.78 is 5.38. The third kappa shape index (κ3) is 5.31. The number of nitrogens with one attached hydrogen (secondary N) is 2. The SMILES string of the molecule is COc1cccc(C(=O)NC2C[C@H]3CC[C@@H](C2)N3c2ccc(C(=O)NCc3cccc(C)c3)cn2)c1C. The summed E-state index contributed by atoms with van der Waals surface area (Å²) in [7, 11) is 1.62. The van der Waals surface area contributed by atoms with Gasteiger partial charge in [-0.05, 0) is 69.4 Å². The first-order valence-corrected chi connectivity index (χ1v) is 13.0. The molecule has 7 heteroatoms. The quantitative estimate of drug-likeness (QED) is 0.499. The number of carbonyl (C=O) groups is 2. The largest absolute Gasteiger partial charge is 0.496 e. The van der Waals surface area contributed by atoms with E-state index in [1.54, 1.807) is 13.3 Å². The molecule has 2 saturated heterocycles. The number of amides is 2. The van der Waals surface area contributed by atoms with Crippen LogP contribution in [0.3, 0.4) is 0 Å². The highest BCUT2D eigenvalue weighted by molar-refractivity contribution is 5.96. The Morgan fingerprint density at radius 3 is 2.43 bits per heavy atom. The van der Waals surface area contributed by atoms with Gasteiger partial charge < -0.3 is 20.3 Å². The van der Waals surface area contributed by atoms with Crippen LogP contribution in [0.1, 0.15) is 63.1 Å². The minimum atomic E-state index is -0.127. The standard InChI is InChI=1S/C30H34N4O3/c1-19-6-4-7-21(14-19)17-32-29(35)22-10-13-28(31-18-22)34-24-11-12-25(34)16-23(15-24)33-30(36)26-8-5-9-27(37-3)20(26)2/h4-10,13-14,18,23-25H,11-12,15-17H2,1-3H3,(H,32,35)(H,33,36)/t23?,24-,25+. The summed E-state index contributed by atoms with van der Waals surface area (Å²) in [6, 6.07) is 18.3. The molecule has 1 aromatic heterocycles. The van der Waals surface area contributed by atoms with Crippen molar-refractivity contribution in [3.63, 3.8) is 0 Å². The van der Waals surface area contributed by atoms with E-state index < -0.39 is 0 Å². The number of piperidine rings is 1. The lowest BCUT2D eigenvalue weighted by Gasteiger charge is -2.40. The van der Waals surface area contributed by atoms with E-state index in [0.717, 1.165) is 48.4 Å². The minimum Gasteiger partial charge on any atom is -0.496 e. The molecule has 2 aliphatic heterocycles. The molecule has 5 rings (SSSR count). The van der Waals surface area contributed by atoms with Crippen molar-refractivity contribution in [2.45, 2.75) is 64.2 Å². The lowest BCUT2D eigenvalue weighted by atomic mass is 9.96. The number of ether oxygens (including phenoxy) is 1. The van der Waals surface area contributed by atoms with Gasteiger partial charge in [0.05, 0.1) is 12.7 Å². The average Bonchev–Trinajstić information content (AvgIpc) is 3.17. The molecule has 2 aliphatic rings. The number of fused-ring (bicyclic) bond motifs is 2. The molecule has 192 valence electrons. The zero-order chi connectivity index (χ0) is 25.9. The van der Waals surface area contributed by atoms with Gasteiger partial charge in [-0.25, -0.2) is 4.98 Å². The highest BCUT2D eigenvalue weighted by Crippen LogP contribution is 2.38. The summed E-state index contributed by atoms with van der Waals surface area (Å²) in [6.45, 7) is 4.44. The minimum absolute atomic E-state index is 0.0478. The Morgan fingerprint density at radius 2 is 1.76 bits per heavy atom. The first-order chi connectivity index (χ1) is 17.9. The van der Waals surface area contributed by atoms with Crippen molar-refractivity contribution < 1.29 is 14.3 Å². The predicted octanol–water partition coefficient (Wildman–Crippen LogP) is 4.57. The molecule has 3 heterocycles. The van der Waals surface area contributed by atoms with E-state index in [2.05, 4.69) is 26.6 Å². The van der Waals surface area contributed by atoms with Crippen LogP contribution < -0.4 is 20.3 Å². The molecule has 0 spiro atoms. The second kappa shape index (κ2) is 10.6. The summed E-state index contributed by atoms with van der Waals surface area (Å²) in [4.78, 5) is 32.7. The molecule has 3 atom stereocenters. The van der Waals surface area contributed by atoms with Gasteiger partial charge in [-0.15, -0.1) is 0 Å². The second-order valence-electron chi connectivity index (χ2n) is 10.1. The first kappa shape index (κ1) is 24.8. The molecule has 0 saturated carbocycles. The van der Waals surface area contributed by atoms with Crippen LogP contribution in [-0.4, -0.2) is 42.0 Å². The molecular formula is C30H34N4O3. The summed E-state index contributed by atoms with van der Waals surface area (Å²) in [6.07, 6.45) is 5.59. The maximum absolute atomic E-state index is 13.0. The number of nitrogens with zero attached hydrogens (tertiary/aromatic N) is 2. The Balaban J connectivity index is 1.19. The predicted molar refractivity (Wildman–Crippen MR) is 144 cm³/mol. The third-order valence-electron chi connectivity index (χ3n) is 7.63. The van der Waals surface area contributed by atoms with E-state index in [1.165, 1.54) is 5.56 Å². The van der Waals surface area contributed by atoms with Gasteiger partial charge in [-0.2, -0.15) is 0 Å². The summed E-state index contributed by atoms with van der Waals surface area (Å²) in [5.74, 6) is 1.45. The smallest absolute Gasteiger partial charge is 0.253 e. The highest BCUT2D eigenvalue weighted by Gasteiger charge is 2.42. The molecule has 3 aromatic rings. The van der Waals surface area contributed by atoms with Gasteiger partial charge in [0.2, 0.25) is 0 Å². The number of pyridine rings is 1. The van der Waals surface area contributed by atoms with Crippen LogP contribution >= 0.6 is 0 Å². The molecule has 2 aromatic carbocycles. The average molecular weight is 499 g/mol. The van der Waals surface area contributed by atoms with Crippen LogP contribution in [0.2, 0.25) is 0 Å². The van der Waals surface area contributed by atoms with Crippen molar-refractivity contribution in [1.82, 2.24) is 15.6 Å². The van der Waals surface area contributed by atoms with Crippen molar-refractivity contribution in [2.75, 3.05) is 12.0 Å². The molecule has 2 fully saturated rings. The molecule has 1 unspecified atom stereocenters. The topological polar surface area (TPSA) is 83.6 Å². The van der Waals surface area contributed by atoms with E-state index in [1.807, 2.05) is 62.4 Å². The number of carbonyl (C=O) groups excluding carboxylic acids is 2. The normalized spacial score (nSPS) is 20.4. The van der Waals surface area contributed by atoms with Crippen LogP contribution in [0.15, 0.2) is 60.8 Å². The van der Waals surface area contributed by atoms with E-state index in [9.17, 15) is 9.59 Å². The number of aryl methyl sites for hydroxylation is 1. The van der Waals surface area contributed by atoms with Gasteiger partial charge in [0.15, 0.2) is 0 Å². The fourth-order valence-electron chi connectivity index (χ4n) is 5.79. The van der Waals surface area contributed by atoms with Crippen LogP contribution in [0.4, 0.5) is 5.82 Å². The van der Waals surface area contributed by atoms with Gasteiger partial charge in [0.1, 0.15) is 11.6 Å². The van der Waals surface area contributed by atoms with E-state index in [4.69, 9.17) is 4.74 Å². The van der Waals surface area contributed by atoms with Crippen molar-refractivity contribution in [3.8, 4) is 5.75 Å². The third-order valence-corrected chi connectivity index (χ3v) is 7.63. The number of benzene rings is 2. The first-order valence-electron chi connectivity index (χ1n) is 13.0. The molecule has 0 radical (unpaired) electrons. The number of methoxy groups -OCH3 is 1. The summed E-state index contributed by atoms with van der Waals surface area (Å²) >= 11 is 0. The lowest BCUT2D eigenvalue weighted by molar-refractivity contribution is 0.0923. The highest BCUT2D eigenvalue weighted by atomic mass is 16.5. The maximum atomic E-state index is 13.0. The van der Waals surface area contributed by atoms with E-state index in [-0.39, 0.29) is 17.9 Å². The zero-order valence-corrected chi connectivity index (χ0v) is 21.7. The summed E-state index contributed by atoms with van der Waals surface area (Å²) in [5, 5.41) is 6.24. The van der Waals surface area contributed by atoms with Gasteiger partial charge >= 0.3 is 0 Å². The molecule has 37 heavy (non-hydrogen) atoms. The van der Waals surface area contributed by atoms with Crippen LogP contribution in [-0.2, 0) is 6.54 Å². The number of rotatable bonds is 7. The monoisotopic (exact) mass is 498 g/mol. The number of hydrogen-bond acceptors (Lipinski definition) is 5. The Labute approximate surface area is 218 Å². The zero-order valence-electron chi connectivity index (χ0n) is 21.7. The molecule has 2 bridgehead atoms. The number of aromatic nitrogens is 1. The van der Waals surface area contributed by atoms with Crippen molar-refractivity contribution in [2.24, 2.45) is 0 Å². The Hall–Kier alpha value is -3.87. The van der Waals surface area contributed by atoms with E-state index >= 15 is 0 Å². The van der Waals surface area contributed by atoms with Crippen LogP contribution in [0.5, 0.6) is 5.75 Å². The van der Waals surface area contributed by atoms with Crippen molar-refractivity contribution in [3.05, 3.63) is 88.6 Å². The number of anilines is 1. The summed E-state index contributed by atoms with van der Waals surface area (Å²) in [5.41, 5.74) is 4.32. The van der Waals surface area contributed by atoms with Gasteiger partial charge in [-0.1, -0.05) is 35.9 Å². The molecular weight excluding hydrogens is 464 g/mol. The lowest BCUT2D eigenvalue weighted by Crippen LogP contribution is -2.50. The Bertz CT molecular complexity index is 1280. The molecule has 2 amide bonds. The molecule has 0 aliphatic carbocycles.